The standard InChI is InChI=1S/C19H34O2Si/c1-10-11-16(20)17-14(2)12-15(13-19(17,6)7)21-22(8,9)18(3,4)5/h1,15-17,20H,2,11-13H2,3-9H3. The van der Waals surface area contributed by atoms with Gasteiger partial charge in [0.05, 0.1) is 6.10 Å². The highest BCUT2D eigenvalue weighted by Gasteiger charge is 2.46. The molecule has 0 heterocycles. The Bertz CT molecular complexity index is 451. The molecule has 3 heteroatoms. The van der Waals surface area contributed by atoms with E-state index < -0.39 is 14.4 Å². The molecule has 1 rings (SSSR count). The van der Waals surface area contributed by atoms with Crippen molar-refractivity contribution in [3.05, 3.63) is 12.2 Å². The monoisotopic (exact) mass is 322 g/mol. The minimum Gasteiger partial charge on any atom is -0.414 e. The van der Waals surface area contributed by atoms with Crippen LogP contribution >= 0.6 is 0 Å². The maximum absolute atomic E-state index is 10.4. The fourth-order valence-electron chi connectivity index (χ4n) is 3.47. The zero-order valence-corrected chi connectivity index (χ0v) is 16.5. The third-order valence-corrected chi connectivity index (χ3v) is 10.0. The van der Waals surface area contributed by atoms with Gasteiger partial charge in [-0.1, -0.05) is 46.8 Å². The molecular weight excluding hydrogens is 288 g/mol. The van der Waals surface area contributed by atoms with Gasteiger partial charge in [0.2, 0.25) is 0 Å². The molecule has 1 saturated carbocycles. The summed E-state index contributed by atoms with van der Waals surface area (Å²) in [6, 6.07) is 0. The molecule has 126 valence electrons. The Morgan fingerprint density at radius 3 is 2.41 bits per heavy atom. The molecule has 1 aliphatic carbocycles. The van der Waals surface area contributed by atoms with Gasteiger partial charge < -0.3 is 9.53 Å². The smallest absolute Gasteiger partial charge is 0.192 e. The van der Waals surface area contributed by atoms with Crippen LogP contribution in [0.25, 0.3) is 0 Å². The van der Waals surface area contributed by atoms with Gasteiger partial charge in [-0.25, -0.2) is 0 Å². The van der Waals surface area contributed by atoms with Crippen molar-refractivity contribution >= 4 is 8.32 Å². The Morgan fingerprint density at radius 1 is 1.45 bits per heavy atom. The van der Waals surface area contributed by atoms with Crippen molar-refractivity contribution in [3.8, 4) is 12.3 Å². The van der Waals surface area contributed by atoms with E-state index in [1.165, 1.54) is 0 Å². The topological polar surface area (TPSA) is 29.5 Å². The van der Waals surface area contributed by atoms with Crippen LogP contribution in [0.2, 0.25) is 18.1 Å². The van der Waals surface area contributed by atoms with E-state index in [1.807, 2.05) is 0 Å². The summed E-state index contributed by atoms with van der Waals surface area (Å²) in [5.41, 5.74) is 1.04. The summed E-state index contributed by atoms with van der Waals surface area (Å²) >= 11 is 0. The van der Waals surface area contributed by atoms with Gasteiger partial charge >= 0.3 is 0 Å². The molecule has 1 aliphatic rings. The van der Waals surface area contributed by atoms with Crippen LogP contribution in [0.3, 0.4) is 0 Å². The maximum atomic E-state index is 10.4. The molecule has 0 spiro atoms. The molecular formula is C19H34O2Si. The number of hydrogen-bond acceptors (Lipinski definition) is 2. The molecule has 0 saturated heterocycles. The molecule has 1 N–H and O–H groups in total. The van der Waals surface area contributed by atoms with Crippen LogP contribution in [0, 0.1) is 23.7 Å². The van der Waals surface area contributed by atoms with Crippen LogP contribution in [-0.4, -0.2) is 25.6 Å². The molecule has 3 unspecified atom stereocenters. The van der Waals surface area contributed by atoms with Crippen molar-refractivity contribution in [1.82, 2.24) is 0 Å². The summed E-state index contributed by atoms with van der Waals surface area (Å²) in [5.74, 6) is 2.64. The highest BCUT2D eigenvalue weighted by molar-refractivity contribution is 6.74. The summed E-state index contributed by atoms with van der Waals surface area (Å²) in [6.07, 6.45) is 7.25. The summed E-state index contributed by atoms with van der Waals surface area (Å²) in [5, 5.41) is 10.6. The molecule has 22 heavy (non-hydrogen) atoms. The third kappa shape index (κ3) is 4.25. The minimum atomic E-state index is -1.78. The quantitative estimate of drug-likeness (QED) is 0.459. The van der Waals surface area contributed by atoms with Crippen molar-refractivity contribution in [3.63, 3.8) is 0 Å². The lowest BCUT2D eigenvalue weighted by atomic mass is 9.63. The van der Waals surface area contributed by atoms with Crippen molar-refractivity contribution in [2.24, 2.45) is 11.3 Å². The van der Waals surface area contributed by atoms with Crippen LogP contribution in [0.1, 0.15) is 53.9 Å². The Hall–Kier alpha value is -0.563. The molecule has 0 bridgehead atoms. The molecule has 0 amide bonds. The minimum absolute atomic E-state index is 0.0430. The Kier molecular flexibility index (Phi) is 5.77. The van der Waals surface area contributed by atoms with Gasteiger partial charge in [-0.3, -0.25) is 0 Å². The number of rotatable bonds is 4. The lowest BCUT2D eigenvalue weighted by Crippen LogP contribution is -2.49. The Balaban J connectivity index is 2.89. The van der Waals surface area contributed by atoms with Gasteiger partial charge in [-0.2, -0.15) is 0 Å². The van der Waals surface area contributed by atoms with Gasteiger partial charge in [0, 0.05) is 18.4 Å². The van der Waals surface area contributed by atoms with Crippen LogP contribution in [0.5, 0.6) is 0 Å². The van der Waals surface area contributed by atoms with Gasteiger partial charge in [0.1, 0.15) is 0 Å². The SMILES string of the molecule is C#CCC(O)C1C(=C)CC(O[Si](C)(C)C(C)(C)C)CC1(C)C. The van der Waals surface area contributed by atoms with E-state index >= 15 is 0 Å². The number of aliphatic hydroxyl groups excluding tert-OH is 1. The largest absolute Gasteiger partial charge is 0.414 e. The van der Waals surface area contributed by atoms with Crippen molar-refractivity contribution in [1.29, 1.82) is 0 Å². The van der Waals surface area contributed by atoms with Crippen LogP contribution < -0.4 is 0 Å². The second-order valence-electron chi connectivity index (χ2n) is 9.01. The van der Waals surface area contributed by atoms with Crippen LogP contribution in [0.15, 0.2) is 12.2 Å². The highest BCUT2D eigenvalue weighted by atomic mass is 28.4. The Morgan fingerprint density at radius 2 is 2.00 bits per heavy atom. The second kappa shape index (κ2) is 6.51. The van der Waals surface area contributed by atoms with Crippen LogP contribution in [0.4, 0.5) is 0 Å². The third-order valence-electron chi connectivity index (χ3n) is 5.50. The van der Waals surface area contributed by atoms with E-state index in [0.29, 0.717) is 6.42 Å². The lowest BCUT2D eigenvalue weighted by molar-refractivity contribution is 0.000429. The average Bonchev–Trinajstić information content (AvgIpc) is 2.23. The fraction of sp³-hybridized carbons (Fsp3) is 0.789. The number of hydrogen-bond donors (Lipinski definition) is 1. The molecule has 0 aromatic heterocycles. The highest BCUT2D eigenvalue weighted by Crippen LogP contribution is 2.48. The molecule has 0 aromatic rings. The van der Waals surface area contributed by atoms with Crippen molar-refractivity contribution in [2.45, 2.75) is 84.2 Å². The van der Waals surface area contributed by atoms with Gasteiger partial charge in [0.15, 0.2) is 8.32 Å². The van der Waals surface area contributed by atoms with E-state index in [2.05, 4.69) is 60.2 Å². The second-order valence-corrected chi connectivity index (χ2v) is 13.8. The summed E-state index contributed by atoms with van der Waals surface area (Å²) in [7, 11) is -1.78. The van der Waals surface area contributed by atoms with Gasteiger partial charge in [-0.15, -0.1) is 12.3 Å². The molecule has 0 aliphatic heterocycles. The van der Waals surface area contributed by atoms with Gasteiger partial charge in [0.25, 0.3) is 0 Å². The zero-order valence-electron chi connectivity index (χ0n) is 15.5. The number of terminal acetylenes is 1. The van der Waals surface area contributed by atoms with E-state index in [4.69, 9.17) is 10.8 Å². The maximum Gasteiger partial charge on any atom is 0.192 e. The first-order chi connectivity index (χ1) is 9.82. The van der Waals surface area contributed by atoms with Crippen molar-refractivity contribution < 1.29 is 9.53 Å². The molecule has 3 atom stereocenters. The first-order valence-corrected chi connectivity index (χ1v) is 11.2. The molecule has 2 nitrogen and oxygen atoms in total. The molecule has 0 aromatic carbocycles. The van der Waals surface area contributed by atoms with E-state index in [9.17, 15) is 5.11 Å². The van der Waals surface area contributed by atoms with E-state index in [1.54, 1.807) is 0 Å². The van der Waals surface area contributed by atoms with E-state index in [0.717, 1.165) is 18.4 Å². The molecule has 0 radical (unpaired) electrons. The van der Waals surface area contributed by atoms with Gasteiger partial charge in [-0.05, 0) is 36.4 Å². The first kappa shape index (κ1) is 19.5. The number of aliphatic hydroxyl groups is 1. The Labute approximate surface area is 138 Å². The van der Waals surface area contributed by atoms with Crippen molar-refractivity contribution in [2.75, 3.05) is 0 Å². The van der Waals surface area contributed by atoms with E-state index in [-0.39, 0.29) is 22.5 Å². The predicted molar refractivity (Wildman–Crippen MR) is 97.2 cm³/mol. The first-order valence-electron chi connectivity index (χ1n) is 8.29. The molecule has 1 fully saturated rings. The summed E-state index contributed by atoms with van der Waals surface area (Å²) in [6.45, 7) is 20.0. The predicted octanol–water partition coefficient (Wildman–Crippen LogP) is 4.75. The summed E-state index contributed by atoms with van der Waals surface area (Å²) in [4.78, 5) is 0. The summed E-state index contributed by atoms with van der Waals surface area (Å²) < 4.78 is 6.59. The fourth-order valence-corrected chi connectivity index (χ4v) is 4.82. The lowest BCUT2D eigenvalue weighted by Gasteiger charge is -2.48. The average molecular weight is 323 g/mol. The zero-order chi connectivity index (χ0) is 17.3. The van der Waals surface area contributed by atoms with Crippen LogP contribution in [-0.2, 0) is 4.43 Å². The normalized spacial score (nSPS) is 27.3.